The minimum absolute atomic E-state index is 0.0116. The van der Waals surface area contributed by atoms with E-state index in [1.165, 1.54) is 19.3 Å². The molecule has 1 N–H and O–H groups in total. The van der Waals surface area contributed by atoms with Crippen LogP contribution in [0.5, 0.6) is 0 Å². The Hall–Kier alpha value is -1.38. The molecule has 0 atom stereocenters. The standard InChI is InChI=1S/C12H16N2O/c15-12(11-5-2-7-13-9-11)14-8-6-10-3-1-4-10/h2,5,7,9-10H,1,3-4,6,8H2,(H,14,15). The summed E-state index contributed by atoms with van der Waals surface area (Å²) in [6.07, 6.45) is 8.42. The smallest absolute Gasteiger partial charge is 0.252 e. The summed E-state index contributed by atoms with van der Waals surface area (Å²) < 4.78 is 0. The van der Waals surface area contributed by atoms with Gasteiger partial charge in [0.2, 0.25) is 0 Å². The number of nitrogens with one attached hydrogen (secondary N) is 1. The second-order valence-electron chi connectivity index (χ2n) is 4.08. The van der Waals surface area contributed by atoms with E-state index >= 15 is 0 Å². The molecular formula is C12H16N2O. The Bertz CT molecular complexity index is 320. The Morgan fingerprint density at radius 2 is 2.40 bits per heavy atom. The molecule has 1 heterocycles. The molecule has 0 bridgehead atoms. The molecule has 2 rings (SSSR count). The Morgan fingerprint density at radius 3 is 3.00 bits per heavy atom. The number of rotatable bonds is 4. The summed E-state index contributed by atoms with van der Waals surface area (Å²) in [5, 5.41) is 2.92. The Kier molecular flexibility index (Phi) is 3.33. The molecule has 0 aromatic carbocycles. The van der Waals surface area contributed by atoms with E-state index in [2.05, 4.69) is 10.3 Å². The summed E-state index contributed by atoms with van der Waals surface area (Å²) >= 11 is 0. The van der Waals surface area contributed by atoms with Crippen molar-refractivity contribution in [2.24, 2.45) is 5.92 Å². The van der Waals surface area contributed by atoms with Crippen molar-refractivity contribution in [1.82, 2.24) is 10.3 Å². The van der Waals surface area contributed by atoms with Crippen LogP contribution in [-0.2, 0) is 0 Å². The van der Waals surface area contributed by atoms with Crippen molar-refractivity contribution in [3.05, 3.63) is 30.1 Å². The number of amides is 1. The summed E-state index contributed by atoms with van der Waals surface area (Å²) in [5.41, 5.74) is 0.645. The van der Waals surface area contributed by atoms with E-state index < -0.39 is 0 Å². The molecule has 1 aromatic heterocycles. The first-order chi connectivity index (χ1) is 7.36. The highest BCUT2D eigenvalue weighted by molar-refractivity contribution is 5.93. The SMILES string of the molecule is O=C(NCCC1CCC1)c1cccnc1. The van der Waals surface area contributed by atoms with Gasteiger partial charge in [-0.3, -0.25) is 9.78 Å². The molecule has 1 amide bonds. The van der Waals surface area contributed by atoms with Crippen LogP contribution in [0.3, 0.4) is 0 Å². The molecule has 80 valence electrons. The highest BCUT2D eigenvalue weighted by atomic mass is 16.1. The summed E-state index contributed by atoms with van der Waals surface area (Å²) in [4.78, 5) is 15.5. The monoisotopic (exact) mass is 204 g/mol. The second kappa shape index (κ2) is 4.91. The van der Waals surface area contributed by atoms with Crippen molar-refractivity contribution in [2.45, 2.75) is 25.7 Å². The predicted molar refractivity (Wildman–Crippen MR) is 58.5 cm³/mol. The summed E-state index contributed by atoms with van der Waals surface area (Å²) in [5.74, 6) is 0.835. The fourth-order valence-corrected chi connectivity index (χ4v) is 1.77. The lowest BCUT2D eigenvalue weighted by Crippen LogP contribution is -2.27. The van der Waals surface area contributed by atoms with Gasteiger partial charge in [0, 0.05) is 18.9 Å². The maximum absolute atomic E-state index is 11.6. The number of carbonyl (C=O) groups is 1. The average Bonchev–Trinajstić information content (AvgIpc) is 2.23. The van der Waals surface area contributed by atoms with Gasteiger partial charge in [-0.1, -0.05) is 19.3 Å². The van der Waals surface area contributed by atoms with E-state index in [-0.39, 0.29) is 5.91 Å². The van der Waals surface area contributed by atoms with E-state index in [4.69, 9.17) is 0 Å². The minimum atomic E-state index is -0.0116. The molecule has 3 heteroatoms. The normalized spacial score (nSPS) is 15.7. The molecule has 0 saturated heterocycles. The molecule has 1 fully saturated rings. The van der Waals surface area contributed by atoms with Crippen molar-refractivity contribution in [1.29, 1.82) is 0 Å². The maximum atomic E-state index is 11.6. The van der Waals surface area contributed by atoms with Crippen LogP contribution >= 0.6 is 0 Å². The van der Waals surface area contributed by atoms with Crippen LogP contribution in [0.25, 0.3) is 0 Å². The molecule has 0 radical (unpaired) electrons. The van der Waals surface area contributed by atoms with Gasteiger partial charge in [0.1, 0.15) is 0 Å². The Balaban J connectivity index is 1.72. The number of aromatic nitrogens is 1. The van der Waals surface area contributed by atoms with Crippen LogP contribution < -0.4 is 5.32 Å². The van der Waals surface area contributed by atoms with Crippen molar-refractivity contribution < 1.29 is 4.79 Å². The Labute approximate surface area is 89.9 Å². The summed E-state index contributed by atoms with van der Waals surface area (Å²) in [6.45, 7) is 0.790. The first-order valence-corrected chi connectivity index (χ1v) is 5.54. The van der Waals surface area contributed by atoms with Crippen molar-refractivity contribution in [2.75, 3.05) is 6.54 Å². The predicted octanol–water partition coefficient (Wildman–Crippen LogP) is 2.00. The first kappa shape index (κ1) is 10.1. The average molecular weight is 204 g/mol. The molecule has 0 unspecified atom stereocenters. The highest BCUT2D eigenvalue weighted by Crippen LogP contribution is 2.28. The largest absolute Gasteiger partial charge is 0.352 e. The molecule has 1 aliphatic rings. The van der Waals surface area contributed by atoms with E-state index in [0.29, 0.717) is 5.56 Å². The van der Waals surface area contributed by atoms with Crippen LogP contribution in [0.15, 0.2) is 24.5 Å². The molecule has 1 aromatic rings. The zero-order valence-corrected chi connectivity index (χ0v) is 8.78. The van der Waals surface area contributed by atoms with Crippen LogP contribution in [0.4, 0.5) is 0 Å². The van der Waals surface area contributed by atoms with Crippen LogP contribution in [0.1, 0.15) is 36.0 Å². The van der Waals surface area contributed by atoms with Crippen molar-refractivity contribution in [3.63, 3.8) is 0 Å². The zero-order chi connectivity index (χ0) is 10.5. The maximum Gasteiger partial charge on any atom is 0.252 e. The van der Waals surface area contributed by atoms with Crippen molar-refractivity contribution in [3.8, 4) is 0 Å². The van der Waals surface area contributed by atoms with E-state index in [1.54, 1.807) is 24.5 Å². The number of hydrogen-bond acceptors (Lipinski definition) is 2. The zero-order valence-electron chi connectivity index (χ0n) is 8.78. The third-order valence-corrected chi connectivity index (χ3v) is 2.99. The quantitative estimate of drug-likeness (QED) is 0.815. The van der Waals surface area contributed by atoms with E-state index in [9.17, 15) is 4.79 Å². The number of pyridine rings is 1. The fraction of sp³-hybridized carbons (Fsp3) is 0.500. The third kappa shape index (κ3) is 2.78. The highest BCUT2D eigenvalue weighted by Gasteiger charge is 2.16. The first-order valence-electron chi connectivity index (χ1n) is 5.54. The lowest BCUT2D eigenvalue weighted by atomic mass is 9.83. The third-order valence-electron chi connectivity index (χ3n) is 2.99. The molecular weight excluding hydrogens is 188 g/mol. The number of carbonyl (C=O) groups excluding carboxylic acids is 1. The Morgan fingerprint density at radius 1 is 1.53 bits per heavy atom. The summed E-state index contributed by atoms with van der Waals surface area (Å²) in [6, 6.07) is 3.56. The van der Waals surface area contributed by atoms with Gasteiger partial charge in [-0.15, -0.1) is 0 Å². The molecule has 15 heavy (non-hydrogen) atoms. The fourth-order valence-electron chi connectivity index (χ4n) is 1.77. The molecule has 0 spiro atoms. The summed E-state index contributed by atoms with van der Waals surface area (Å²) in [7, 11) is 0. The lowest BCUT2D eigenvalue weighted by Gasteiger charge is -2.25. The van der Waals surface area contributed by atoms with E-state index in [0.717, 1.165) is 18.9 Å². The van der Waals surface area contributed by atoms with Gasteiger partial charge in [0.15, 0.2) is 0 Å². The number of hydrogen-bond donors (Lipinski definition) is 1. The van der Waals surface area contributed by atoms with Gasteiger partial charge >= 0.3 is 0 Å². The van der Waals surface area contributed by atoms with Crippen LogP contribution in [0, 0.1) is 5.92 Å². The van der Waals surface area contributed by atoms with Gasteiger partial charge in [-0.25, -0.2) is 0 Å². The minimum Gasteiger partial charge on any atom is -0.352 e. The number of nitrogens with zero attached hydrogens (tertiary/aromatic N) is 1. The molecule has 0 aliphatic heterocycles. The van der Waals surface area contributed by atoms with Crippen LogP contribution in [0.2, 0.25) is 0 Å². The molecule has 1 saturated carbocycles. The van der Waals surface area contributed by atoms with Gasteiger partial charge in [0.05, 0.1) is 5.56 Å². The van der Waals surface area contributed by atoms with Crippen LogP contribution in [-0.4, -0.2) is 17.4 Å². The van der Waals surface area contributed by atoms with Gasteiger partial charge in [-0.2, -0.15) is 0 Å². The van der Waals surface area contributed by atoms with Gasteiger partial charge < -0.3 is 5.32 Å². The second-order valence-corrected chi connectivity index (χ2v) is 4.08. The molecule has 1 aliphatic carbocycles. The van der Waals surface area contributed by atoms with Gasteiger partial charge in [0.25, 0.3) is 5.91 Å². The lowest BCUT2D eigenvalue weighted by molar-refractivity contribution is 0.0948. The van der Waals surface area contributed by atoms with Gasteiger partial charge in [-0.05, 0) is 24.5 Å². The molecule has 3 nitrogen and oxygen atoms in total. The van der Waals surface area contributed by atoms with Crippen molar-refractivity contribution >= 4 is 5.91 Å². The topological polar surface area (TPSA) is 42.0 Å². The van der Waals surface area contributed by atoms with E-state index in [1.807, 2.05) is 0 Å².